The minimum Gasteiger partial charge on any atom is -0.436 e. The van der Waals surface area contributed by atoms with Crippen LogP contribution in [0, 0.1) is 0 Å². The quantitative estimate of drug-likeness (QED) is 0.668. The number of nitrogens with one attached hydrogen (secondary N) is 1. The van der Waals surface area contributed by atoms with Crippen molar-refractivity contribution < 1.29 is 9.21 Å². The zero-order chi connectivity index (χ0) is 18.1. The maximum atomic E-state index is 12.4. The number of aromatic nitrogens is 1. The largest absolute Gasteiger partial charge is 0.436 e. The van der Waals surface area contributed by atoms with Crippen molar-refractivity contribution in [2.75, 3.05) is 6.54 Å². The third-order valence-corrected chi connectivity index (χ3v) is 5.06. The Bertz CT molecular complexity index is 936. The van der Waals surface area contributed by atoms with Crippen LogP contribution in [0.4, 0.5) is 0 Å². The highest BCUT2D eigenvalue weighted by Gasteiger charge is 2.21. The molecule has 1 heterocycles. The molecule has 1 aliphatic rings. The van der Waals surface area contributed by atoms with Gasteiger partial charge in [-0.1, -0.05) is 23.7 Å². The second kappa shape index (κ2) is 7.19. The Morgan fingerprint density at radius 1 is 1.23 bits per heavy atom. The van der Waals surface area contributed by atoms with Gasteiger partial charge in [0.15, 0.2) is 11.4 Å². The number of carbonyl (C=O) groups excluding carboxylic acids is 1. The number of Topliss-reactive ketones (excluding diaryl/α,β-unsaturated/α-hetero) is 1. The van der Waals surface area contributed by atoms with Gasteiger partial charge in [-0.15, -0.1) is 0 Å². The van der Waals surface area contributed by atoms with Crippen molar-refractivity contribution in [1.82, 2.24) is 10.3 Å². The molecule has 1 aliphatic carbocycles. The molecule has 0 amide bonds. The number of fused-ring (bicyclic) bond motifs is 1. The van der Waals surface area contributed by atoms with Crippen molar-refractivity contribution >= 4 is 28.5 Å². The molecule has 2 aromatic carbocycles. The first-order valence-electron chi connectivity index (χ1n) is 8.77. The maximum Gasteiger partial charge on any atom is 0.227 e. The fourth-order valence-corrected chi connectivity index (χ4v) is 3.53. The van der Waals surface area contributed by atoms with Crippen LogP contribution in [-0.2, 0) is 0 Å². The lowest BCUT2D eigenvalue weighted by molar-refractivity contribution is 0.0987. The Kier molecular flexibility index (Phi) is 4.76. The number of nitrogens with two attached hydrogens (primary N) is 1. The van der Waals surface area contributed by atoms with Crippen molar-refractivity contribution in [3.63, 3.8) is 0 Å². The van der Waals surface area contributed by atoms with E-state index >= 15 is 0 Å². The monoisotopic (exact) mass is 369 g/mol. The molecule has 0 saturated heterocycles. The average molecular weight is 370 g/mol. The Labute approximate surface area is 156 Å². The number of hydrogen-bond acceptors (Lipinski definition) is 5. The number of rotatable bonds is 5. The number of ketones is 1. The van der Waals surface area contributed by atoms with Gasteiger partial charge in [-0.3, -0.25) is 4.79 Å². The lowest BCUT2D eigenvalue weighted by atomic mass is 10.1. The number of hydrogen-bond donors (Lipinski definition) is 2. The van der Waals surface area contributed by atoms with Crippen LogP contribution in [-0.4, -0.2) is 29.4 Å². The van der Waals surface area contributed by atoms with Gasteiger partial charge in [0.25, 0.3) is 0 Å². The smallest absolute Gasteiger partial charge is 0.227 e. The highest BCUT2D eigenvalue weighted by molar-refractivity contribution is 6.31. The SMILES string of the molecule is N[C@H]1CC[C@@H](NCC(=O)c2ccc(-c3nc4cc(Cl)ccc4o3)cc2)C1. The Morgan fingerprint density at radius 2 is 2.04 bits per heavy atom. The number of oxazole rings is 1. The van der Waals surface area contributed by atoms with E-state index in [4.69, 9.17) is 21.8 Å². The van der Waals surface area contributed by atoms with E-state index in [-0.39, 0.29) is 11.8 Å². The molecule has 3 N–H and O–H groups in total. The zero-order valence-corrected chi connectivity index (χ0v) is 15.0. The van der Waals surface area contributed by atoms with Gasteiger partial charge in [0.1, 0.15) is 5.52 Å². The molecule has 1 saturated carbocycles. The highest BCUT2D eigenvalue weighted by atomic mass is 35.5. The Hall–Kier alpha value is -2.21. The van der Waals surface area contributed by atoms with Crippen molar-refractivity contribution in [3.05, 3.63) is 53.1 Å². The van der Waals surface area contributed by atoms with E-state index in [1.807, 2.05) is 24.3 Å². The van der Waals surface area contributed by atoms with Crippen molar-refractivity contribution in [3.8, 4) is 11.5 Å². The second-order valence-electron chi connectivity index (χ2n) is 6.78. The molecule has 0 spiro atoms. The van der Waals surface area contributed by atoms with E-state index in [1.54, 1.807) is 18.2 Å². The first kappa shape index (κ1) is 17.2. The van der Waals surface area contributed by atoms with E-state index in [0.29, 0.717) is 40.2 Å². The van der Waals surface area contributed by atoms with Crippen LogP contribution in [0.15, 0.2) is 46.9 Å². The second-order valence-corrected chi connectivity index (χ2v) is 7.22. The Morgan fingerprint density at radius 3 is 2.77 bits per heavy atom. The predicted molar refractivity (Wildman–Crippen MR) is 102 cm³/mol. The molecule has 0 bridgehead atoms. The summed E-state index contributed by atoms with van der Waals surface area (Å²) in [6.45, 7) is 0.331. The van der Waals surface area contributed by atoms with Gasteiger partial charge < -0.3 is 15.5 Å². The molecule has 5 nitrogen and oxygen atoms in total. The van der Waals surface area contributed by atoms with Crippen molar-refractivity contribution in [1.29, 1.82) is 0 Å². The van der Waals surface area contributed by atoms with Crippen LogP contribution < -0.4 is 11.1 Å². The number of carbonyl (C=O) groups is 1. The van der Waals surface area contributed by atoms with Gasteiger partial charge in [0.2, 0.25) is 5.89 Å². The summed E-state index contributed by atoms with van der Waals surface area (Å²) in [4.78, 5) is 16.8. The summed E-state index contributed by atoms with van der Waals surface area (Å²) in [5, 5.41) is 3.93. The number of halogens is 1. The number of benzene rings is 2. The summed E-state index contributed by atoms with van der Waals surface area (Å²) in [6, 6.07) is 13.3. The average Bonchev–Trinajstić information content (AvgIpc) is 3.25. The van der Waals surface area contributed by atoms with Gasteiger partial charge >= 0.3 is 0 Å². The van der Waals surface area contributed by atoms with Gasteiger partial charge in [-0.2, -0.15) is 0 Å². The summed E-state index contributed by atoms with van der Waals surface area (Å²) in [5.41, 5.74) is 8.79. The van der Waals surface area contributed by atoms with E-state index in [0.717, 1.165) is 24.8 Å². The van der Waals surface area contributed by atoms with Crippen molar-refractivity contribution in [2.24, 2.45) is 5.73 Å². The van der Waals surface area contributed by atoms with Crippen LogP contribution in [0.1, 0.15) is 29.6 Å². The first-order chi connectivity index (χ1) is 12.6. The van der Waals surface area contributed by atoms with E-state index in [9.17, 15) is 4.79 Å². The molecule has 1 aromatic heterocycles. The zero-order valence-electron chi connectivity index (χ0n) is 14.2. The molecule has 0 unspecified atom stereocenters. The maximum absolute atomic E-state index is 12.4. The minimum absolute atomic E-state index is 0.0707. The van der Waals surface area contributed by atoms with Gasteiger partial charge in [0, 0.05) is 28.2 Å². The third-order valence-electron chi connectivity index (χ3n) is 4.83. The molecule has 1 fully saturated rings. The van der Waals surface area contributed by atoms with E-state index in [1.165, 1.54) is 0 Å². The lowest BCUT2D eigenvalue weighted by Gasteiger charge is -2.11. The standard InChI is InChI=1S/C20H20ClN3O2/c21-14-5-8-19-17(9-14)24-20(26-19)13-3-1-12(2-4-13)18(25)11-23-16-7-6-15(22)10-16/h1-5,8-9,15-16,23H,6-7,10-11,22H2/t15-,16+/m0/s1. The van der Waals surface area contributed by atoms with Crippen LogP contribution in [0.5, 0.6) is 0 Å². The van der Waals surface area contributed by atoms with Crippen LogP contribution in [0.2, 0.25) is 5.02 Å². The topological polar surface area (TPSA) is 81.1 Å². The summed E-state index contributed by atoms with van der Waals surface area (Å²) >= 11 is 5.98. The van der Waals surface area contributed by atoms with Gasteiger partial charge in [-0.25, -0.2) is 4.98 Å². The van der Waals surface area contributed by atoms with Crippen molar-refractivity contribution in [2.45, 2.75) is 31.3 Å². The van der Waals surface area contributed by atoms with E-state index in [2.05, 4.69) is 10.3 Å². The molecule has 0 aliphatic heterocycles. The first-order valence-corrected chi connectivity index (χ1v) is 9.15. The summed E-state index contributed by atoms with van der Waals surface area (Å²) in [6.07, 6.45) is 3.00. The van der Waals surface area contributed by atoms with E-state index < -0.39 is 0 Å². The van der Waals surface area contributed by atoms with Gasteiger partial charge in [0.05, 0.1) is 6.54 Å². The van der Waals surface area contributed by atoms with Crippen LogP contribution in [0.25, 0.3) is 22.6 Å². The predicted octanol–water partition coefficient (Wildman–Crippen LogP) is 3.80. The molecule has 26 heavy (non-hydrogen) atoms. The van der Waals surface area contributed by atoms with Gasteiger partial charge in [-0.05, 0) is 49.6 Å². The fraction of sp³-hybridized carbons (Fsp3) is 0.300. The normalized spacial score (nSPS) is 19.9. The summed E-state index contributed by atoms with van der Waals surface area (Å²) in [7, 11) is 0. The molecule has 6 heteroatoms. The molecule has 0 radical (unpaired) electrons. The molecular formula is C20H20ClN3O2. The molecule has 134 valence electrons. The summed E-state index contributed by atoms with van der Waals surface area (Å²) < 4.78 is 5.76. The third kappa shape index (κ3) is 3.65. The Balaban J connectivity index is 1.44. The molecular weight excluding hydrogens is 350 g/mol. The van der Waals surface area contributed by atoms with Crippen LogP contribution in [0.3, 0.4) is 0 Å². The summed E-state index contributed by atoms with van der Waals surface area (Å²) in [5.74, 6) is 0.584. The highest BCUT2D eigenvalue weighted by Crippen LogP contribution is 2.26. The minimum atomic E-state index is 0.0707. The number of nitrogens with zero attached hydrogens (tertiary/aromatic N) is 1. The molecule has 2 atom stereocenters. The molecule has 3 aromatic rings. The molecule has 4 rings (SSSR count). The fourth-order valence-electron chi connectivity index (χ4n) is 3.36. The lowest BCUT2D eigenvalue weighted by Crippen LogP contribution is -2.33. The van der Waals surface area contributed by atoms with Crippen LogP contribution >= 0.6 is 11.6 Å².